The van der Waals surface area contributed by atoms with Crippen LogP contribution in [0.1, 0.15) is 13.3 Å². The van der Waals surface area contributed by atoms with Gasteiger partial charge in [0.25, 0.3) is 0 Å². The topological polar surface area (TPSA) is 32.3 Å². The zero-order valence-corrected chi connectivity index (χ0v) is 7.26. The minimum absolute atomic E-state index is 0.0354. The zero-order valence-electron chi connectivity index (χ0n) is 7.26. The Morgan fingerprint density at radius 1 is 1.73 bits per heavy atom. The van der Waals surface area contributed by atoms with Crippen LogP contribution in [0.5, 0.6) is 0 Å². The van der Waals surface area contributed by atoms with Gasteiger partial charge in [-0.2, -0.15) is 0 Å². The Morgan fingerprint density at radius 2 is 2.36 bits per heavy atom. The number of nitrogens with zero attached hydrogens (tertiary/aromatic N) is 1. The van der Waals surface area contributed by atoms with Crippen LogP contribution in [0.3, 0.4) is 0 Å². The van der Waals surface area contributed by atoms with E-state index in [4.69, 9.17) is 0 Å². The summed E-state index contributed by atoms with van der Waals surface area (Å²) in [5.74, 6) is 0. The highest BCUT2D eigenvalue weighted by Crippen LogP contribution is 1.83. The number of rotatable bonds is 4. The van der Waals surface area contributed by atoms with Crippen molar-refractivity contribution in [2.45, 2.75) is 13.3 Å². The summed E-state index contributed by atoms with van der Waals surface area (Å²) in [5, 5.41) is 2.76. The van der Waals surface area contributed by atoms with Crippen LogP contribution in [-0.4, -0.2) is 31.1 Å². The second-order valence-electron chi connectivity index (χ2n) is 2.40. The third-order valence-corrected chi connectivity index (χ3v) is 1.28. The third kappa shape index (κ3) is 4.42. The molecule has 0 radical (unpaired) electrons. The van der Waals surface area contributed by atoms with Gasteiger partial charge in [-0.1, -0.05) is 13.0 Å². The van der Waals surface area contributed by atoms with Gasteiger partial charge in [-0.05, 0) is 6.42 Å². The lowest BCUT2D eigenvalue weighted by Crippen LogP contribution is -2.37. The molecule has 0 aliphatic carbocycles. The molecule has 3 nitrogen and oxygen atoms in total. The summed E-state index contributed by atoms with van der Waals surface area (Å²) >= 11 is 0. The molecule has 1 N–H and O–H groups in total. The summed E-state index contributed by atoms with van der Waals surface area (Å²) < 4.78 is 0. The molecule has 0 aromatic heterocycles. The molecule has 3 heteroatoms. The van der Waals surface area contributed by atoms with Crippen LogP contribution in [-0.2, 0) is 0 Å². The number of urea groups is 1. The predicted molar refractivity (Wildman–Crippen MR) is 46.5 cm³/mol. The number of carbonyl (C=O) groups is 1. The summed E-state index contributed by atoms with van der Waals surface area (Å²) in [5.41, 5.74) is 0. The fraction of sp³-hybridized carbons (Fsp3) is 0.625. The highest BCUT2D eigenvalue weighted by Gasteiger charge is 2.03. The average Bonchev–Trinajstić information content (AvgIpc) is 2.00. The van der Waals surface area contributed by atoms with Crippen LogP contribution >= 0.6 is 0 Å². The molecule has 0 heterocycles. The van der Waals surface area contributed by atoms with Gasteiger partial charge in [-0.15, -0.1) is 6.58 Å². The fourth-order valence-corrected chi connectivity index (χ4v) is 0.643. The molecule has 0 aromatic carbocycles. The van der Waals surface area contributed by atoms with Crippen molar-refractivity contribution in [1.29, 1.82) is 0 Å². The molecule has 0 saturated heterocycles. The number of hydrogen-bond acceptors (Lipinski definition) is 1. The smallest absolute Gasteiger partial charge is 0.317 e. The van der Waals surface area contributed by atoms with Crippen LogP contribution in [0.2, 0.25) is 0 Å². The van der Waals surface area contributed by atoms with E-state index in [9.17, 15) is 4.79 Å². The van der Waals surface area contributed by atoms with Crippen molar-refractivity contribution in [2.24, 2.45) is 0 Å². The lowest BCUT2D eigenvalue weighted by Gasteiger charge is -2.14. The normalized spacial score (nSPS) is 8.91. The van der Waals surface area contributed by atoms with Crippen molar-refractivity contribution in [3.8, 4) is 0 Å². The SMILES string of the molecule is C=CCN(C)C(=O)NCCC. The summed E-state index contributed by atoms with van der Waals surface area (Å²) in [4.78, 5) is 12.6. The van der Waals surface area contributed by atoms with E-state index in [1.165, 1.54) is 0 Å². The first kappa shape index (κ1) is 10.0. The Hall–Kier alpha value is -0.990. The molecule has 0 aliphatic heterocycles. The van der Waals surface area contributed by atoms with Crippen molar-refractivity contribution in [1.82, 2.24) is 10.2 Å². The molecule has 64 valence electrons. The van der Waals surface area contributed by atoms with Gasteiger partial charge >= 0.3 is 6.03 Å². The van der Waals surface area contributed by atoms with Gasteiger partial charge in [-0.3, -0.25) is 0 Å². The maximum absolute atomic E-state index is 11.1. The maximum Gasteiger partial charge on any atom is 0.317 e. The third-order valence-electron chi connectivity index (χ3n) is 1.28. The van der Waals surface area contributed by atoms with Gasteiger partial charge in [0.15, 0.2) is 0 Å². The molecular formula is C8H16N2O. The van der Waals surface area contributed by atoms with Crippen molar-refractivity contribution >= 4 is 6.03 Å². The van der Waals surface area contributed by atoms with Crippen LogP contribution in [0, 0.1) is 0 Å². The van der Waals surface area contributed by atoms with E-state index in [1.807, 2.05) is 6.92 Å². The quantitative estimate of drug-likeness (QED) is 0.610. The molecular weight excluding hydrogens is 140 g/mol. The molecule has 0 fully saturated rings. The molecule has 0 aliphatic rings. The minimum Gasteiger partial charge on any atom is -0.338 e. The second kappa shape index (κ2) is 5.77. The van der Waals surface area contributed by atoms with Gasteiger partial charge < -0.3 is 10.2 Å². The summed E-state index contributed by atoms with van der Waals surface area (Å²) in [6.45, 7) is 6.89. The molecule has 0 atom stereocenters. The molecule has 0 unspecified atom stereocenters. The van der Waals surface area contributed by atoms with Crippen LogP contribution in [0.4, 0.5) is 4.79 Å². The highest BCUT2D eigenvalue weighted by atomic mass is 16.2. The summed E-state index contributed by atoms with van der Waals surface area (Å²) in [7, 11) is 1.74. The minimum atomic E-state index is -0.0354. The molecule has 0 saturated carbocycles. The van der Waals surface area contributed by atoms with E-state index in [-0.39, 0.29) is 6.03 Å². The second-order valence-corrected chi connectivity index (χ2v) is 2.40. The first-order valence-electron chi connectivity index (χ1n) is 3.82. The molecule has 2 amide bonds. The first-order valence-corrected chi connectivity index (χ1v) is 3.82. The lowest BCUT2D eigenvalue weighted by molar-refractivity contribution is 0.213. The summed E-state index contributed by atoms with van der Waals surface area (Å²) in [6.07, 6.45) is 2.67. The highest BCUT2D eigenvalue weighted by molar-refractivity contribution is 5.73. The Kier molecular flexibility index (Phi) is 5.25. The van der Waals surface area contributed by atoms with E-state index < -0.39 is 0 Å². The van der Waals surface area contributed by atoms with Gasteiger partial charge in [0.05, 0.1) is 0 Å². The van der Waals surface area contributed by atoms with E-state index >= 15 is 0 Å². The van der Waals surface area contributed by atoms with Gasteiger partial charge in [0, 0.05) is 20.1 Å². The standard InChI is InChI=1S/C8H16N2O/c1-4-6-9-8(11)10(3)7-5-2/h5H,2,4,6-7H2,1,3H3,(H,9,11). The van der Waals surface area contributed by atoms with E-state index in [0.29, 0.717) is 6.54 Å². The van der Waals surface area contributed by atoms with Crippen molar-refractivity contribution < 1.29 is 4.79 Å². The predicted octanol–water partition coefficient (Wildman–Crippen LogP) is 1.22. The number of carbonyl (C=O) groups excluding carboxylic acids is 1. The Balaban J connectivity index is 3.54. The van der Waals surface area contributed by atoms with Gasteiger partial charge in [-0.25, -0.2) is 4.79 Å². The first-order chi connectivity index (χ1) is 5.22. The number of hydrogen-bond donors (Lipinski definition) is 1. The lowest BCUT2D eigenvalue weighted by atomic mass is 10.5. The molecule has 0 spiro atoms. The molecule has 0 rings (SSSR count). The van der Waals surface area contributed by atoms with Gasteiger partial charge in [0.2, 0.25) is 0 Å². The Bertz CT molecular complexity index is 134. The van der Waals surface area contributed by atoms with Crippen LogP contribution in [0.25, 0.3) is 0 Å². The largest absolute Gasteiger partial charge is 0.338 e. The molecule has 0 bridgehead atoms. The van der Waals surface area contributed by atoms with Crippen LogP contribution in [0.15, 0.2) is 12.7 Å². The van der Waals surface area contributed by atoms with Gasteiger partial charge in [0.1, 0.15) is 0 Å². The number of nitrogens with one attached hydrogen (secondary N) is 1. The number of amides is 2. The average molecular weight is 156 g/mol. The van der Waals surface area contributed by atoms with E-state index in [0.717, 1.165) is 13.0 Å². The van der Waals surface area contributed by atoms with Crippen LogP contribution < -0.4 is 5.32 Å². The van der Waals surface area contributed by atoms with E-state index in [1.54, 1.807) is 18.0 Å². The Labute approximate surface area is 68.1 Å². The molecule has 0 aromatic rings. The van der Waals surface area contributed by atoms with Crippen molar-refractivity contribution in [2.75, 3.05) is 20.1 Å². The van der Waals surface area contributed by atoms with Crippen molar-refractivity contribution in [3.63, 3.8) is 0 Å². The number of likely N-dealkylation sites (N-methyl/N-ethyl adjacent to an activating group) is 1. The maximum atomic E-state index is 11.1. The van der Waals surface area contributed by atoms with E-state index in [2.05, 4.69) is 11.9 Å². The monoisotopic (exact) mass is 156 g/mol. The molecule has 11 heavy (non-hydrogen) atoms. The Morgan fingerprint density at radius 3 is 2.82 bits per heavy atom. The summed E-state index contributed by atoms with van der Waals surface area (Å²) in [6, 6.07) is -0.0354. The zero-order chi connectivity index (χ0) is 8.69. The van der Waals surface area contributed by atoms with Crippen molar-refractivity contribution in [3.05, 3.63) is 12.7 Å². The fourth-order valence-electron chi connectivity index (χ4n) is 0.643.